The van der Waals surface area contributed by atoms with E-state index in [1.807, 2.05) is 0 Å². The molecule has 2 rings (SSSR count). The fraction of sp³-hybridized carbons (Fsp3) is 1.00. The molecule has 2 saturated carbocycles. The number of rotatable bonds is 6. The third kappa shape index (κ3) is 3.76. The molecular formula is C18H36N2. The first-order chi connectivity index (χ1) is 9.44. The van der Waals surface area contributed by atoms with Gasteiger partial charge >= 0.3 is 0 Å². The van der Waals surface area contributed by atoms with Gasteiger partial charge in [-0.3, -0.25) is 4.90 Å². The van der Waals surface area contributed by atoms with E-state index in [4.69, 9.17) is 0 Å². The molecule has 0 radical (unpaired) electrons. The monoisotopic (exact) mass is 280 g/mol. The van der Waals surface area contributed by atoms with Gasteiger partial charge in [0.1, 0.15) is 0 Å². The maximum absolute atomic E-state index is 3.63. The molecule has 2 nitrogen and oxygen atoms in total. The first kappa shape index (κ1) is 16.3. The quantitative estimate of drug-likeness (QED) is 0.793. The fourth-order valence-corrected chi connectivity index (χ4v) is 4.75. The highest BCUT2D eigenvalue weighted by molar-refractivity contribution is 4.97. The number of hydrogen-bond acceptors (Lipinski definition) is 2. The molecule has 118 valence electrons. The number of nitrogens with one attached hydrogen (secondary N) is 1. The molecule has 20 heavy (non-hydrogen) atoms. The average Bonchev–Trinajstić information content (AvgIpc) is 2.96. The minimum absolute atomic E-state index is 0.471. The number of nitrogens with zero attached hydrogens (tertiary/aromatic N) is 1. The van der Waals surface area contributed by atoms with Gasteiger partial charge in [-0.1, -0.05) is 40.5 Å². The van der Waals surface area contributed by atoms with Crippen LogP contribution in [-0.2, 0) is 0 Å². The smallest absolute Gasteiger partial charge is 0.0156 e. The van der Waals surface area contributed by atoms with Crippen LogP contribution in [0, 0.1) is 17.3 Å². The van der Waals surface area contributed by atoms with Crippen LogP contribution in [0.4, 0.5) is 0 Å². The van der Waals surface area contributed by atoms with Gasteiger partial charge in [0.05, 0.1) is 0 Å². The molecule has 2 fully saturated rings. The third-order valence-electron chi connectivity index (χ3n) is 5.69. The Hall–Kier alpha value is -0.0800. The van der Waals surface area contributed by atoms with E-state index in [1.54, 1.807) is 0 Å². The molecule has 0 aromatic carbocycles. The van der Waals surface area contributed by atoms with Crippen molar-refractivity contribution in [3.8, 4) is 0 Å². The standard InChI is InChI=1S/C18H36N2/c1-14(2)12-20(16-8-6-7-9-16)13-15-10-11-18(3,4)17(15)19-5/h14-17,19H,6-13H2,1-5H3. The van der Waals surface area contributed by atoms with Crippen LogP contribution in [0.2, 0.25) is 0 Å². The van der Waals surface area contributed by atoms with Crippen LogP contribution < -0.4 is 5.32 Å². The van der Waals surface area contributed by atoms with Crippen molar-refractivity contribution in [3.05, 3.63) is 0 Å². The predicted octanol–water partition coefficient (Wildman–Crippen LogP) is 3.91. The molecule has 0 saturated heterocycles. The third-order valence-corrected chi connectivity index (χ3v) is 5.69. The Morgan fingerprint density at radius 3 is 2.35 bits per heavy atom. The van der Waals surface area contributed by atoms with Gasteiger partial charge in [0.15, 0.2) is 0 Å². The Bertz CT molecular complexity index is 292. The van der Waals surface area contributed by atoms with E-state index in [2.05, 4.69) is 45.0 Å². The van der Waals surface area contributed by atoms with E-state index in [0.29, 0.717) is 11.5 Å². The summed E-state index contributed by atoms with van der Waals surface area (Å²) in [5.41, 5.74) is 0.471. The maximum atomic E-state index is 3.63. The summed E-state index contributed by atoms with van der Waals surface area (Å²) >= 11 is 0. The van der Waals surface area contributed by atoms with Crippen molar-refractivity contribution in [1.82, 2.24) is 10.2 Å². The second-order valence-electron chi connectivity index (χ2n) is 8.34. The summed E-state index contributed by atoms with van der Waals surface area (Å²) in [6, 6.07) is 1.57. The Kier molecular flexibility index (Phi) is 5.53. The van der Waals surface area contributed by atoms with Gasteiger partial charge in [-0.2, -0.15) is 0 Å². The highest BCUT2D eigenvalue weighted by atomic mass is 15.2. The Labute approximate surface area is 126 Å². The van der Waals surface area contributed by atoms with Gasteiger partial charge in [-0.15, -0.1) is 0 Å². The van der Waals surface area contributed by atoms with Crippen LogP contribution in [-0.4, -0.2) is 37.1 Å². The van der Waals surface area contributed by atoms with Crippen molar-refractivity contribution in [1.29, 1.82) is 0 Å². The predicted molar refractivity (Wildman–Crippen MR) is 88.0 cm³/mol. The van der Waals surface area contributed by atoms with Crippen molar-refractivity contribution in [2.75, 3.05) is 20.1 Å². The van der Waals surface area contributed by atoms with Crippen LogP contribution in [0.1, 0.15) is 66.2 Å². The van der Waals surface area contributed by atoms with Crippen molar-refractivity contribution in [2.45, 2.75) is 78.3 Å². The molecule has 0 spiro atoms. The summed E-state index contributed by atoms with van der Waals surface area (Å²) in [4.78, 5) is 2.84. The minimum Gasteiger partial charge on any atom is -0.316 e. The van der Waals surface area contributed by atoms with Crippen LogP contribution >= 0.6 is 0 Å². The zero-order chi connectivity index (χ0) is 14.8. The van der Waals surface area contributed by atoms with E-state index in [9.17, 15) is 0 Å². The molecule has 1 N–H and O–H groups in total. The molecule has 0 aliphatic heterocycles. The summed E-state index contributed by atoms with van der Waals surface area (Å²) in [6.45, 7) is 12.2. The van der Waals surface area contributed by atoms with Crippen LogP contribution in [0.5, 0.6) is 0 Å². The van der Waals surface area contributed by atoms with Crippen molar-refractivity contribution >= 4 is 0 Å². The Morgan fingerprint density at radius 1 is 1.15 bits per heavy atom. The molecule has 0 aromatic rings. The van der Waals surface area contributed by atoms with E-state index in [-0.39, 0.29) is 0 Å². The summed E-state index contributed by atoms with van der Waals surface area (Å²) < 4.78 is 0. The second kappa shape index (κ2) is 6.79. The lowest BCUT2D eigenvalue weighted by atomic mass is 9.84. The molecule has 0 bridgehead atoms. The molecule has 2 aliphatic carbocycles. The first-order valence-electron chi connectivity index (χ1n) is 8.85. The van der Waals surface area contributed by atoms with Crippen LogP contribution in [0.3, 0.4) is 0 Å². The highest BCUT2D eigenvalue weighted by Crippen LogP contribution is 2.42. The molecular weight excluding hydrogens is 244 g/mol. The van der Waals surface area contributed by atoms with Crippen molar-refractivity contribution in [2.24, 2.45) is 17.3 Å². The minimum atomic E-state index is 0.471. The molecule has 2 unspecified atom stereocenters. The molecule has 0 aromatic heterocycles. The Balaban J connectivity index is 1.99. The number of hydrogen-bond donors (Lipinski definition) is 1. The topological polar surface area (TPSA) is 15.3 Å². The maximum Gasteiger partial charge on any atom is 0.0156 e. The van der Waals surface area contributed by atoms with Crippen LogP contribution in [0.25, 0.3) is 0 Å². The summed E-state index contributed by atoms with van der Waals surface area (Å²) in [5, 5.41) is 3.63. The highest BCUT2D eigenvalue weighted by Gasteiger charge is 2.42. The summed E-state index contributed by atoms with van der Waals surface area (Å²) in [6.07, 6.45) is 8.55. The SMILES string of the molecule is CNC1C(CN(CC(C)C)C2CCCC2)CCC1(C)C. The zero-order valence-electron chi connectivity index (χ0n) is 14.4. The van der Waals surface area contributed by atoms with E-state index in [0.717, 1.165) is 17.9 Å². The van der Waals surface area contributed by atoms with Gasteiger partial charge in [0.2, 0.25) is 0 Å². The summed E-state index contributed by atoms with van der Waals surface area (Å²) in [5.74, 6) is 1.63. The second-order valence-corrected chi connectivity index (χ2v) is 8.34. The van der Waals surface area contributed by atoms with E-state index < -0.39 is 0 Å². The first-order valence-corrected chi connectivity index (χ1v) is 8.85. The molecule has 2 aliphatic rings. The molecule has 2 heteroatoms. The zero-order valence-corrected chi connectivity index (χ0v) is 14.4. The van der Waals surface area contributed by atoms with Crippen molar-refractivity contribution < 1.29 is 0 Å². The van der Waals surface area contributed by atoms with Gasteiger partial charge in [0.25, 0.3) is 0 Å². The van der Waals surface area contributed by atoms with Crippen molar-refractivity contribution in [3.63, 3.8) is 0 Å². The largest absolute Gasteiger partial charge is 0.316 e. The van der Waals surface area contributed by atoms with Gasteiger partial charge in [-0.25, -0.2) is 0 Å². The molecule has 0 heterocycles. The lowest BCUT2D eigenvalue weighted by Gasteiger charge is -2.36. The average molecular weight is 280 g/mol. The van der Waals surface area contributed by atoms with Crippen LogP contribution in [0.15, 0.2) is 0 Å². The van der Waals surface area contributed by atoms with Gasteiger partial charge in [0, 0.05) is 25.2 Å². The van der Waals surface area contributed by atoms with Gasteiger partial charge < -0.3 is 5.32 Å². The fourth-order valence-electron chi connectivity index (χ4n) is 4.75. The molecule has 0 amide bonds. The van der Waals surface area contributed by atoms with Gasteiger partial charge in [-0.05, 0) is 50.0 Å². The van der Waals surface area contributed by atoms with E-state index in [1.165, 1.54) is 51.6 Å². The lowest BCUT2D eigenvalue weighted by Crippen LogP contribution is -2.47. The van der Waals surface area contributed by atoms with E-state index >= 15 is 0 Å². The Morgan fingerprint density at radius 2 is 1.80 bits per heavy atom. The molecule has 2 atom stereocenters. The lowest BCUT2D eigenvalue weighted by molar-refractivity contribution is 0.132. The normalized spacial score (nSPS) is 30.8. The summed E-state index contributed by atoms with van der Waals surface area (Å²) in [7, 11) is 2.16.